The largest absolute Gasteiger partial charge is 0.354 e. The summed E-state index contributed by atoms with van der Waals surface area (Å²) >= 11 is 0. The summed E-state index contributed by atoms with van der Waals surface area (Å²) in [7, 11) is 0. The number of rotatable bonds is 6. The third kappa shape index (κ3) is 5.36. The van der Waals surface area contributed by atoms with Gasteiger partial charge in [0.15, 0.2) is 0 Å². The normalized spacial score (nSPS) is 20.7. The molecule has 0 saturated carbocycles. The number of piperidine rings is 1. The molecule has 0 aromatic heterocycles. The molecule has 4 heteroatoms. The number of nitrogens with two attached hydrogens (primary N) is 1. The second-order valence-electron chi connectivity index (χ2n) is 5.98. The average molecular weight is 255 g/mol. The van der Waals surface area contributed by atoms with E-state index in [0.717, 1.165) is 13.1 Å². The van der Waals surface area contributed by atoms with Crippen LogP contribution in [0.15, 0.2) is 0 Å². The molecule has 1 saturated heterocycles. The first-order valence-corrected chi connectivity index (χ1v) is 7.26. The van der Waals surface area contributed by atoms with Crippen molar-refractivity contribution in [2.75, 3.05) is 26.2 Å². The Labute approximate surface area is 111 Å². The zero-order valence-corrected chi connectivity index (χ0v) is 12.1. The summed E-state index contributed by atoms with van der Waals surface area (Å²) in [5, 5.41) is 2.96. The van der Waals surface area contributed by atoms with Gasteiger partial charge in [-0.25, -0.2) is 0 Å². The van der Waals surface area contributed by atoms with Crippen molar-refractivity contribution < 1.29 is 4.79 Å². The fourth-order valence-corrected chi connectivity index (χ4v) is 2.34. The third-order valence-electron chi connectivity index (χ3n) is 3.66. The van der Waals surface area contributed by atoms with E-state index in [1.165, 1.54) is 32.4 Å². The van der Waals surface area contributed by atoms with E-state index in [0.29, 0.717) is 5.92 Å². The van der Waals surface area contributed by atoms with Crippen LogP contribution in [0.5, 0.6) is 0 Å². The Morgan fingerprint density at radius 3 is 2.39 bits per heavy atom. The summed E-state index contributed by atoms with van der Waals surface area (Å²) in [6, 6.07) is -0.382. The summed E-state index contributed by atoms with van der Waals surface area (Å²) in [4.78, 5) is 14.2. The Morgan fingerprint density at radius 1 is 1.22 bits per heavy atom. The summed E-state index contributed by atoms with van der Waals surface area (Å²) in [5.74, 6) is 0.671. The first kappa shape index (κ1) is 15.4. The van der Waals surface area contributed by atoms with Crippen molar-refractivity contribution in [1.82, 2.24) is 10.2 Å². The average Bonchev–Trinajstić information content (AvgIpc) is 2.36. The lowest BCUT2D eigenvalue weighted by Crippen LogP contribution is -2.46. The van der Waals surface area contributed by atoms with Crippen molar-refractivity contribution in [3.8, 4) is 0 Å². The van der Waals surface area contributed by atoms with Gasteiger partial charge in [0.05, 0.1) is 6.04 Å². The minimum atomic E-state index is -0.382. The molecule has 1 fully saturated rings. The van der Waals surface area contributed by atoms with Crippen LogP contribution < -0.4 is 11.1 Å². The molecule has 1 aliphatic rings. The molecule has 0 aromatic rings. The van der Waals surface area contributed by atoms with Gasteiger partial charge in [-0.15, -0.1) is 0 Å². The quantitative estimate of drug-likeness (QED) is 0.750. The number of carbonyl (C=O) groups excluding carboxylic acids is 1. The van der Waals surface area contributed by atoms with Gasteiger partial charge in [0.2, 0.25) is 5.91 Å². The van der Waals surface area contributed by atoms with Crippen molar-refractivity contribution in [2.45, 2.75) is 46.1 Å². The predicted molar refractivity (Wildman–Crippen MR) is 75.3 cm³/mol. The smallest absolute Gasteiger partial charge is 0.237 e. The topological polar surface area (TPSA) is 58.4 Å². The Kier molecular flexibility index (Phi) is 6.65. The summed E-state index contributed by atoms with van der Waals surface area (Å²) in [6.45, 7) is 10.4. The molecule has 3 N–H and O–H groups in total. The molecule has 4 nitrogen and oxygen atoms in total. The molecule has 0 spiro atoms. The van der Waals surface area contributed by atoms with Crippen LogP contribution in [0.2, 0.25) is 0 Å². The number of hydrogen-bond donors (Lipinski definition) is 2. The van der Waals surface area contributed by atoms with E-state index < -0.39 is 0 Å². The maximum Gasteiger partial charge on any atom is 0.237 e. The SMILES string of the molecule is CC(CNC(=O)[C@@H](N)C(C)C)CN1CCCCC1. The summed E-state index contributed by atoms with van der Waals surface area (Å²) < 4.78 is 0. The zero-order valence-electron chi connectivity index (χ0n) is 12.1. The molecule has 106 valence electrons. The number of carbonyl (C=O) groups is 1. The predicted octanol–water partition coefficient (Wildman–Crippen LogP) is 1.21. The minimum Gasteiger partial charge on any atom is -0.354 e. The maximum atomic E-state index is 11.7. The molecule has 0 bridgehead atoms. The van der Waals surface area contributed by atoms with E-state index in [4.69, 9.17) is 5.73 Å². The van der Waals surface area contributed by atoms with Crippen LogP contribution in [-0.4, -0.2) is 43.0 Å². The van der Waals surface area contributed by atoms with Gasteiger partial charge in [-0.1, -0.05) is 27.2 Å². The van der Waals surface area contributed by atoms with Crippen molar-refractivity contribution >= 4 is 5.91 Å². The van der Waals surface area contributed by atoms with Crippen LogP contribution in [0, 0.1) is 11.8 Å². The molecule has 1 rings (SSSR count). The lowest BCUT2D eigenvalue weighted by Gasteiger charge is -2.29. The van der Waals surface area contributed by atoms with Crippen LogP contribution in [0.25, 0.3) is 0 Å². The first-order valence-electron chi connectivity index (χ1n) is 7.26. The highest BCUT2D eigenvalue weighted by Gasteiger charge is 2.18. The van der Waals surface area contributed by atoms with Gasteiger partial charge in [-0.2, -0.15) is 0 Å². The van der Waals surface area contributed by atoms with Gasteiger partial charge in [0.1, 0.15) is 0 Å². The van der Waals surface area contributed by atoms with Crippen molar-refractivity contribution in [3.63, 3.8) is 0 Å². The van der Waals surface area contributed by atoms with Crippen LogP contribution in [0.1, 0.15) is 40.0 Å². The molecule has 0 aromatic carbocycles. The van der Waals surface area contributed by atoms with E-state index in [1.807, 2.05) is 13.8 Å². The molecule has 1 aliphatic heterocycles. The van der Waals surface area contributed by atoms with Crippen molar-refractivity contribution in [3.05, 3.63) is 0 Å². The van der Waals surface area contributed by atoms with E-state index in [2.05, 4.69) is 17.1 Å². The Hall–Kier alpha value is -0.610. The number of nitrogens with zero attached hydrogens (tertiary/aromatic N) is 1. The van der Waals surface area contributed by atoms with E-state index in [9.17, 15) is 4.79 Å². The van der Waals surface area contributed by atoms with Crippen LogP contribution in [-0.2, 0) is 4.79 Å². The molecule has 1 amide bonds. The monoisotopic (exact) mass is 255 g/mol. The second-order valence-corrected chi connectivity index (χ2v) is 5.98. The Morgan fingerprint density at radius 2 is 1.83 bits per heavy atom. The molecule has 18 heavy (non-hydrogen) atoms. The molecule has 0 radical (unpaired) electrons. The van der Waals surface area contributed by atoms with Gasteiger partial charge in [-0.05, 0) is 37.8 Å². The first-order chi connectivity index (χ1) is 8.50. The van der Waals surface area contributed by atoms with E-state index >= 15 is 0 Å². The highest BCUT2D eigenvalue weighted by atomic mass is 16.2. The van der Waals surface area contributed by atoms with Gasteiger partial charge in [0, 0.05) is 13.1 Å². The highest BCUT2D eigenvalue weighted by Crippen LogP contribution is 2.10. The molecule has 1 heterocycles. The van der Waals surface area contributed by atoms with Gasteiger partial charge in [-0.3, -0.25) is 4.79 Å². The molecular weight excluding hydrogens is 226 g/mol. The standard InChI is InChI=1S/C14H29N3O/c1-11(2)13(15)14(18)16-9-12(3)10-17-7-5-4-6-8-17/h11-13H,4-10,15H2,1-3H3,(H,16,18)/t12?,13-/m0/s1. The fraction of sp³-hybridized carbons (Fsp3) is 0.929. The Balaban J connectivity index is 2.19. The molecule has 0 aliphatic carbocycles. The van der Waals surface area contributed by atoms with Gasteiger partial charge in [0.25, 0.3) is 0 Å². The van der Waals surface area contributed by atoms with E-state index in [-0.39, 0.29) is 17.9 Å². The number of nitrogens with one attached hydrogen (secondary N) is 1. The molecule has 2 atom stereocenters. The third-order valence-corrected chi connectivity index (χ3v) is 3.66. The van der Waals surface area contributed by atoms with Crippen LogP contribution in [0.4, 0.5) is 0 Å². The fourth-order valence-electron chi connectivity index (χ4n) is 2.34. The maximum absolute atomic E-state index is 11.7. The highest BCUT2D eigenvalue weighted by molar-refractivity contribution is 5.81. The van der Waals surface area contributed by atoms with Crippen LogP contribution >= 0.6 is 0 Å². The van der Waals surface area contributed by atoms with Crippen LogP contribution in [0.3, 0.4) is 0 Å². The van der Waals surface area contributed by atoms with Crippen molar-refractivity contribution in [1.29, 1.82) is 0 Å². The number of likely N-dealkylation sites (tertiary alicyclic amines) is 1. The number of hydrogen-bond acceptors (Lipinski definition) is 3. The summed E-state index contributed by atoms with van der Waals surface area (Å²) in [6.07, 6.45) is 4.00. The second kappa shape index (κ2) is 7.74. The lowest BCUT2D eigenvalue weighted by atomic mass is 10.0. The van der Waals surface area contributed by atoms with Gasteiger partial charge < -0.3 is 16.0 Å². The lowest BCUT2D eigenvalue weighted by molar-refractivity contribution is -0.123. The molecule has 1 unspecified atom stereocenters. The zero-order chi connectivity index (χ0) is 13.5. The van der Waals surface area contributed by atoms with E-state index in [1.54, 1.807) is 0 Å². The summed E-state index contributed by atoms with van der Waals surface area (Å²) in [5.41, 5.74) is 5.81. The van der Waals surface area contributed by atoms with Gasteiger partial charge >= 0.3 is 0 Å². The number of amides is 1. The minimum absolute atomic E-state index is 0.0181. The Bertz CT molecular complexity index is 249. The van der Waals surface area contributed by atoms with Crippen molar-refractivity contribution in [2.24, 2.45) is 17.6 Å². The molecular formula is C14H29N3O.